The second-order valence-electron chi connectivity index (χ2n) is 9.72. The lowest BCUT2D eigenvalue weighted by molar-refractivity contribution is 0.0204. The van der Waals surface area contributed by atoms with Crippen LogP contribution in [0.25, 0.3) is 10.9 Å². The molecule has 1 aliphatic heterocycles. The zero-order valence-electron chi connectivity index (χ0n) is 20.9. The van der Waals surface area contributed by atoms with Crippen LogP contribution in [-0.4, -0.2) is 60.1 Å². The van der Waals surface area contributed by atoms with Gasteiger partial charge in [0, 0.05) is 48.5 Å². The Morgan fingerprint density at radius 2 is 1.81 bits per heavy atom. The fourth-order valence-electron chi connectivity index (χ4n) is 5.09. The van der Waals surface area contributed by atoms with Crippen LogP contribution in [0.4, 0.5) is 13.2 Å². The molecule has 37 heavy (non-hydrogen) atoms. The van der Waals surface area contributed by atoms with Crippen molar-refractivity contribution in [2.45, 2.75) is 38.5 Å². The van der Waals surface area contributed by atoms with E-state index in [9.17, 15) is 23.4 Å². The monoisotopic (exact) mass is 518 g/mol. The summed E-state index contributed by atoms with van der Waals surface area (Å²) in [4.78, 5) is 6.50. The molecule has 1 aliphatic rings. The molecule has 3 aromatic rings. The Morgan fingerprint density at radius 1 is 1.08 bits per heavy atom. The lowest BCUT2D eigenvalue weighted by Gasteiger charge is -2.41. The van der Waals surface area contributed by atoms with Gasteiger partial charge in [0.05, 0.1) is 18.7 Å². The molecule has 0 aliphatic carbocycles. The SMILES string of the molecule is COc1ccc2ncc(CF)c([C@@H](O)CCC3(CO)CCN(CCOc4cc(F)cc(F)c4)CC3)c2c1. The molecule has 9 heteroatoms. The van der Waals surface area contributed by atoms with Crippen LogP contribution in [-0.2, 0) is 6.67 Å². The number of fused-ring (bicyclic) bond motifs is 1. The van der Waals surface area contributed by atoms with E-state index in [1.807, 2.05) is 0 Å². The standard InChI is InChI=1S/C28H33F3N2O4/c1-36-22-2-3-25-24(15-22)27(19(16-29)17-32-25)26(35)4-5-28(18-34)6-8-33(9-7-28)10-11-37-23-13-20(30)12-21(31)14-23/h2-3,12-15,17,26,34-35H,4-11,16,18H2,1H3/t26-/m0/s1. The average molecular weight is 519 g/mol. The van der Waals surface area contributed by atoms with Crippen LogP contribution >= 0.6 is 0 Å². The van der Waals surface area contributed by atoms with Gasteiger partial charge in [-0.25, -0.2) is 13.2 Å². The zero-order valence-corrected chi connectivity index (χ0v) is 20.9. The van der Waals surface area contributed by atoms with Crippen molar-refractivity contribution in [1.29, 1.82) is 0 Å². The summed E-state index contributed by atoms with van der Waals surface area (Å²) in [5.74, 6) is -0.604. The first-order valence-electron chi connectivity index (χ1n) is 12.5. The van der Waals surface area contributed by atoms with Crippen LogP contribution in [0.3, 0.4) is 0 Å². The van der Waals surface area contributed by atoms with E-state index >= 15 is 0 Å². The minimum absolute atomic E-state index is 0.00644. The third-order valence-electron chi connectivity index (χ3n) is 7.39. The van der Waals surface area contributed by atoms with Crippen molar-refractivity contribution < 1.29 is 32.9 Å². The molecule has 0 radical (unpaired) electrons. The number of rotatable bonds is 11. The van der Waals surface area contributed by atoms with E-state index in [-0.39, 0.29) is 24.4 Å². The highest BCUT2D eigenvalue weighted by molar-refractivity contribution is 5.85. The topological polar surface area (TPSA) is 75.0 Å². The molecule has 0 amide bonds. The molecular formula is C28H33F3N2O4. The van der Waals surface area contributed by atoms with Crippen LogP contribution in [0.2, 0.25) is 0 Å². The second kappa shape index (κ2) is 12.1. The van der Waals surface area contributed by atoms with Crippen LogP contribution in [0.15, 0.2) is 42.6 Å². The van der Waals surface area contributed by atoms with Gasteiger partial charge in [0.2, 0.25) is 0 Å². The van der Waals surface area contributed by atoms with Gasteiger partial charge >= 0.3 is 0 Å². The summed E-state index contributed by atoms with van der Waals surface area (Å²) >= 11 is 0. The molecule has 1 saturated heterocycles. The van der Waals surface area contributed by atoms with Gasteiger partial charge in [0.1, 0.15) is 36.4 Å². The zero-order chi connectivity index (χ0) is 26.4. The molecule has 2 N–H and O–H groups in total. The van der Waals surface area contributed by atoms with E-state index in [2.05, 4.69) is 9.88 Å². The first kappa shape index (κ1) is 27.2. The quantitative estimate of drug-likeness (QED) is 0.374. The Labute approximate surface area is 214 Å². The van der Waals surface area contributed by atoms with Gasteiger partial charge in [-0.05, 0) is 68.0 Å². The van der Waals surface area contributed by atoms with E-state index < -0.39 is 24.4 Å². The summed E-state index contributed by atoms with van der Waals surface area (Å²) in [5.41, 5.74) is 1.17. The number of hydrogen-bond donors (Lipinski definition) is 2. The molecular weight excluding hydrogens is 485 g/mol. The van der Waals surface area contributed by atoms with Crippen LogP contribution in [0.5, 0.6) is 11.5 Å². The average Bonchev–Trinajstić information content (AvgIpc) is 2.91. The van der Waals surface area contributed by atoms with Crippen LogP contribution < -0.4 is 9.47 Å². The van der Waals surface area contributed by atoms with Gasteiger partial charge < -0.3 is 19.7 Å². The summed E-state index contributed by atoms with van der Waals surface area (Å²) in [6.07, 6.45) is 2.96. The van der Waals surface area contributed by atoms with Crippen molar-refractivity contribution in [2.24, 2.45) is 5.41 Å². The maximum atomic E-state index is 13.8. The molecule has 0 unspecified atom stereocenters. The summed E-state index contributed by atoms with van der Waals surface area (Å²) in [6, 6.07) is 8.42. The molecule has 0 saturated carbocycles. The van der Waals surface area contributed by atoms with E-state index in [0.29, 0.717) is 47.2 Å². The number of pyridine rings is 1. The number of aliphatic hydroxyl groups excluding tert-OH is 2. The van der Waals surface area contributed by atoms with Gasteiger partial charge in [-0.3, -0.25) is 9.88 Å². The summed E-state index contributed by atoms with van der Waals surface area (Å²) < 4.78 is 51.3. The molecule has 1 aromatic heterocycles. The van der Waals surface area contributed by atoms with Crippen molar-refractivity contribution in [3.05, 3.63) is 65.4 Å². The number of hydrogen-bond acceptors (Lipinski definition) is 6. The summed E-state index contributed by atoms with van der Waals surface area (Å²) in [6.45, 7) is 1.58. The molecule has 0 bridgehead atoms. The number of aliphatic hydroxyl groups is 2. The van der Waals surface area contributed by atoms with Crippen molar-refractivity contribution >= 4 is 10.9 Å². The van der Waals surface area contributed by atoms with Crippen molar-refractivity contribution in [1.82, 2.24) is 9.88 Å². The van der Waals surface area contributed by atoms with Crippen molar-refractivity contribution in [3.63, 3.8) is 0 Å². The van der Waals surface area contributed by atoms with E-state index in [0.717, 1.165) is 44.1 Å². The number of aromatic nitrogens is 1. The van der Waals surface area contributed by atoms with E-state index in [1.165, 1.54) is 6.20 Å². The number of nitrogens with zero attached hydrogens (tertiary/aromatic N) is 2. The van der Waals surface area contributed by atoms with E-state index in [1.54, 1.807) is 25.3 Å². The normalized spacial score (nSPS) is 16.6. The van der Waals surface area contributed by atoms with Crippen LogP contribution in [0.1, 0.15) is 42.9 Å². The first-order chi connectivity index (χ1) is 17.9. The molecule has 0 spiro atoms. The Kier molecular flexibility index (Phi) is 8.89. The van der Waals surface area contributed by atoms with Crippen molar-refractivity contribution in [3.8, 4) is 11.5 Å². The highest BCUT2D eigenvalue weighted by Crippen LogP contribution is 2.40. The third kappa shape index (κ3) is 6.52. The van der Waals surface area contributed by atoms with Gasteiger partial charge in [0.15, 0.2) is 0 Å². The fraction of sp³-hybridized carbons (Fsp3) is 0.464. The molecule has 2 heterocycles. The number of alkyl halides is 1. The number of methoxy groups -OCH3 is 1. The smallest absolute Gasteiger partial charge is 0.129 e. The maximum absolute atomic E-state index is 13.8. The Hall–Kier alpha value is -2.88. The minimum atomic E-state index is -0.912. The largest absolute Gasteiger partial charge is 0.497 e. The maximum Gasteiger partial charge on any atom is 0.129 e. The first-order valence-corrected chi connectivity index (χ1v) is 12.5. The van der Waals surface area contributed by atoms with Gasteiger partial charge in [-0.15, -0.1) is 0 Å². The summed E-state index contributed by atoms with van der Waals surface area (Å²) in [5, 5.41) is 22.1. The third-order valence-corrected chi connectivity index (χ3v) is 7.39. The number of ether oxygens (including phenoxy) is 2. The molecule has 2 aromatic carbocycles. The van der Waals surface area contributed by atoms with Gasteiger partial charge in [0.25, 0.3) is 0 Å². The van der Waals surface area contributed by atoms with Crippen molar-refractivity contribution in [2.75, 3.05) is 40.0 Å². The molecule has 6 nitrogen and oxygen atoms in total. The number of benzene rings is 2. The van der Waals surface area contributed by atoms with Gasteiger partial charge in [-0.1, -0.05) is 0 Å². The van der Waals surface area contributed by atoms with E-state index in [4.69, 9.17) is 9.47 Å². The van der Waals surface area contributed by atoms with Gasteiger partial charge in [-0.2, -0.15) is 0 Å². The Bertz CT molecular complexity index is 1180. The number of piperidine rings is 1. The Morgan fingerprint density at radius 3 is 2.46 bits per heavy atom. The minimum Gasteiger partial charge on any atom is -0.497 e. The fourth-order valence-corrected chi connectivity index (χ4v) is 5.09. The summed E-state index contributed by atoms with van der Waals surface area (Å²) in [7, 11) is 1.55. The predicted molar refractivity (Wildman–Crippen MR) is 134 cm³/mol. The second-order valence-corrected chi connectivity index (χ2v) is 9.72. The number of likely N-dealkylation sites (tertiary alicyclic amines) is 1. The highest BCUT2D eigenvalue weighted by atomic mass is 19.1. The van der Waals surface area contributed by atoms with Crippen LogP contribution in [0, 0.1) is 17.0 Å². The highest BCUT2D eigenvalue weighted by Gasteiger charge is 2.34. The molecule has 1 atom stereocenters. The molecule has 200 valence electrons. The Balaban J connectivity index is 1.35. The lowest BCUT2D eigenvalue weighted by Crippen LogP contribution is -2.43. The predicted octanol–water partition coefficient (Wildman–Crippen LogP) is 4.96. The lowest BCUT2D eigenvalue weighted by atomic mass is 9.74. The molecule has 4 rings (SSSR count). The molecule has 1 fully saturated rings. The number of halogens is 3.